The molecule has 1 unspecified atom stereocenters. The quantitative estimate of drug-likeness (QED) is 0.512. The van der Waals surface area contributed by atoms with Gasteiger partial charge in [0.25, 0.3) is 0 Å². The molecule has 3 N–H and O–H groups in total. The number of carbonyl (C=O) groups is 1. The number of nitrogens with zero attached hydrogens (tertiary/aromatic N) is 1. The summed E-state index contributed by atoms with van der Waals surface area (Å²) in [6, 6.07) is 6.02. The average Bonchev–Trinajstić information content (AvgIpc) is 2.75. The Bertz CT molecular complexity index is 961. The van der Waals surface area contributed by atoms with Crippen molar-refractivity contribution in [3.63, 3.8) is 0 Å². The highest BCUT2D eigenvalue weighted by Gasteiger charge is 2.36. The van der Waals surface area contributed by atoms with Crippen molar-refractivity contribution in [2.45, 2.75) is 31.9 Å². The first-order chi connectivity index (χ1) is 15.7. The van der Waals surface area contributed by atoms with Crippen LogP contribution in [-0.4, -0.2) is 42.8 Å². The first-order valence-electron chi connectivity index (χ1n) is 10.1. The van der Waals surface area contributed by atoms with Gasteiger partial charge in [-0.2, -0.15) is 26.3 Å². The molecule has 1 atom stereocenters. The fourth-order valence-electron chi connectivity index (χ4n) is 3.43. The predicted octanol–water partition coefficient (Wildman–Crippen LogP) is 5.20. The van der Waals surface area contributed by atoms with Crippen LogP contribution in [0.25, 0.3) is 0 Å². The molecule has 1 heterocycles. The highest BCUT2D eigenvalue weighted by atomic mass is 19.4. The van der Waals surface area contributed by atoms with E-state index in [9.17, 15) is 35.5 Å². The summed E-state index contributed by atoms with van der Waals surface area (Å²) >= 11 is 0. The Morgan fingerprint density at radius 2 is 1.68 bits per heavy atom. The van der Waals surface area contributed by atoms with Gasteiger partial charge in [-0.25, -0.2) is 9.18 Å². The molecule has 1 fully saturated rings. The summed E-state index contributed by atoms with van der Waals surface area (Å²) in [7, 11) is 1.44. The third-order valence-electron chi connectivity index (χ3n) is 5.08. The summed E-state index contributed by atoms with van der Waals surface area (Å²) in [5.41, 5.74) is -1.28. The van der Waals surface area contributed by atoms with Crippen molar-refractivity contribution < 1.29 is 40.6 Å². The number of rotatable bonds is 3. The van der Waals surface area contributed by atoms with Gasteiger partial charge in [-0.05, 0) is 54.9 Å². The topological polar surface area (TPSA) is 64.6 Å². The molecule has 1 amide bonds. The van der Waals surface area contributed by atoms with Crippen molar-refractivity contribution in [3.8, 4) is 0 Å². The molecule has 12 heteroatoms. The van der Waals surface area contributed by atoms with E-state index in [0.29, 0.717) is 37.3 Å². The molecular formula is C22H24F7N3O2. The number of halogens is 7. The molecule has 3 rings (SSSR count). The van der Waals surface area contributed by atoms with Crippen LogP contribution < -0.4 is 10.6 Å². The molecule has 0 aromatic heterocycles. The summed E-state index contributed by atoms with van der Waals surface area (Å²) in [5, 5.41) is 14.8. The minimum Gasteiger partial charge on any atom is -0.465 e. The normalized spacial score (nSPS) is 16.6. The zero-order valence-electron chi connectivity index (χ0n) is 18.3. The van der Waals surface area contributed by atoms with Gasteiger partial charge in [0.2, 0.25) is 0 Å². The molecule has 1 aliphatic rings. The molecule has 0 bridgehead atoms. The highest BCUT2D eigenvalue weighted by Crippen LogP contribution is 2.36. The number of carboxylic acid groups (broad SMARTS) is 1. The number of nitrogens with one attached hydrogen (secondary N) is 2. The van der Waals surface area contributed by atoms with E-state index in [0.717, 1.165) is 5.56 Å². The minimum atomic E-state index is -4.79. The molecule has 2 aromatic carbocycles. The molecule has 1 aliphatic heterocycles. The maximum atomic E-state index is 13.2. The lowest BCUT2D eigenvalue weighted by Gasteiger charge is -2.34. The van der Waals surface area contributed by atoms with Crippen LogP contribution in [0.1, 0.15) is 33.9 Å². The Hall–Kier alpha value is -2.86. The molecule has 0 radical (unpaired) electrons. The van der Waals surface area contributed by atoms with Gasteiger partial charge in [-0.15, -0.1) is 0 Å². The Morgan fingerprint density at radius 1 is 1.09 bits per heavy atom. The van der Waals surface area contributed by atoms with Crippen LogP contribution in [0.15, 0.2) is 36.4 Å². The Labute approximate surface area is 191 Å². The summed E-state index contributed by atoms with van der Waals surface area (Å²) in [4.78, 5) is 12.5. The third-order valence-corrected chi connectivity index (χ3v) is 5.08. The maximum Gasteiger partial charge on any atom is 0.416 e. The number of benzene rings is 2. The van der Waals surface area contributed by atoms with Gasteiger partial charge in [0.1, 0.15) is 5.82 Å². The second-order valence-corrected chi connectivity index (χ2v) is 7.65. The fraction of sp³-hybridized carbons (Fsp3) is 0.409. The van der Waals surface area contributed by atoms with Gasteiger partial charge in [0.05, 0.1) is 17.2 Å². The molecule has 0 aliphatic carbocycles. The van der Waals surface area contributed by atoms with E-state index >= 15 is 0 Å². The zero-order valence-corrected chi connectivity index (χ0v) is 18.3. The Kier molecular flexibility index (Phi) is 8.89. The molecular weight excluding hydrogens is 471 g/mol. The second kappa shape index (κ2) is 11.0. The summed E-state index contributed by atoms with van der Waals surface area (Å²) < 4.78 is 87.5. The average molecular weight is 495 g/mol. The van der Waals surface area contributed by atoms with Gasteiger partial charge < -0.3 is 15.7 Å². The molecule has 0 saturated carbocycles. The van der Waals surface area contributed by atoms with Crippen LogP contribution in [0.4, 0.5) is 35.5 Å². The van der Waals surface area contributed by atoms with E-state index in [1.165, 1.54) is 18.0 Å². The maximum absolute atomic E-state index is 13.2. The number of hydrogen-bond acceptors (Lipinski definition) is 3. The lowest BCUT2D eigenvalue weighted by molar-refractivity contribution is -0.143. The van der Waals surface area contributed by atoms with E-state index in [-0.39, 0.29) is 30.0 Å². The minimum absolute atomic E-state index is 0.0605. The number of amides is 1. The number of alkyl halides is 6. The summed E-state index contributed by atoms with van der Waals surface area (Å²) in [5.74, 6) is -0.264. The van der Waals surface area contributed by atoms with Gasteiger partial charge in [0, 0.05) is 26.2 Å². The largest absolute Gasteiger partial charge is 0.465 e. The van der Waals surface area contributed by atoms with Crippen molar-refractivity contribution in [1.82, 2.24) is 15.5 Å². The Morgan fingerprint density at radius 3 is 2.15 bits per heavy atom. The van der Waals surface area contributed by atoms with E-state index in [2.05, 4.69) is 10.6 Å². The van der Waals surface area contributed by atoms with Crippen molar-refractivity contribution in [1.29, 1.82) is 0 Å². The second-order valence-electron chi connectivity index (χ2n) is 7.65. The fourth-order valence-corrected chi connectivity index (χ4v) is 3.43. The lowest BCUT2D eigenvalue weighted by Crippen LogP contribution is -2.48. The van der Waals surface area contributed by atoms with E-state index in [1.54, 1.807) is 19.1 Å². The summed E-state index contributed by atoms with van der Waals surface area (Å²) in [6.45, 7) is 3.30. The molecule has 34 heavy (non-hydrogen) atoms. The third kappa shape index (κ3) is 7.32. The number of piperazine rings is 1. The van der Waals surface area contributed by atoms with Crippen LogP contribution >= 0.6 is 0 Å². The van der Waals surface area contributed by atoms with Crippen LogP contribution in [0.5, 0.6) is 0 Å². The van der Waals surface area contributed by atoms with Crippen LogP contribution in [0, 0.1) is 12.7 Å². The zero-order chi connectivity index (χ0) is 25.7. The molecule has 2 aromatic rings. The Balaban J connectivity index is 0.000000240. The first-order valence-corrected chi connectivity index (χ1v) is 10.1. The van der Waals surface area contributed by atoms with Crippen molar-refractivity contribution in [2.75, 3.05) is 26.7 Å². The lowest BCUT2D eigenvalue weighted by atomic mass is 10.0. The standard InChI is InChI=1S/C12H15FN2O2.C10H9F6N/c1-8-6-9(2-3-10(8)13)11-7-14-4-5-15(11)12(16)17;1-17-5-6-2-7(9(11,12)13)4-8(3-6)10(14,15)16/h2-3,6,11,14H,4-5,7H2,1H3,(H,16,17);2-4,17H,5H2,1H3. The van der Waals surface area contributed by atoms with Gasteiger partial charge in [0.15, 0.2) is 0 Å². The van der Waals surface area contributed by atoms with Crippen LogP contribution in [0.3, 0.4) is 0 Å². The predicted molar refractivity (Wildman–Crippen MR) is 111 cm³/mol. The number of hydrogen-bond donors (Lipinski definition) is 3. The molecule has 1 saturated heterocycles. The van der Waals surface area contributed by atoms with Gasteiger partial charge in [-0.3, -0.25) is 4.90 Å². The van der Waals surface area contributed by atoms with E-state index < -0.39 is 29.6 Å². The van der Waals surface area contributed by atoms with E-state index in [1.807, 2.05) is 0 Å². The highest BCUT2D eigenvalue weighted by molar-refractivity contribution is 5.66. The monoisotopic (exact) mass is 495 g/mol. The van der Waals surface area contributed by atoms with Crippen LogP contribution in [-0.2, 0) is 18.9 Å². The molecule has 0 spiro atoms. The smallest absolute Gasteiger partial charge is 0.416 e. The van der Waals surface area contributed by atoms with Crippen molar-refractivity contribution in [3.05, 3.63) is 70.0 Å². The van der Waals surface area contributed by atoms with Crippen LogP contribution in [0.2, 0.25) is 0 Å². The number of aryl methyl sites for hydroxylation is 1. The SMILES string of the molecule is CNCc1cc(C(F)(F)F)cc(C(F)(F)F)c1.Cc1cc(C2CNCCN2C(=O)O)ccc1F. The van der Waals surface area contributed by atoms with Crippen molar-refractivity contribution >= 4 is 6.09 Å². The van der Waals surface area contributed by atoms with Gasteiger partial charge in [-0.1, -0.05) is 12.1 Å². The van der Waals surface area contributed by atoms with E-state index in [4.69, 9.17) is 5.11 Å². The van der Waals surface area contributed by atoms with Gasteiger partial charge >= 0.3 is 18.4 Å². The summed E-state index contributed by atoms with van der Waals surface area (Å²) in [6.07, 6.45) is -10.5. The van der Waals surface area contributed by atoms with Crippen molar-refractivity contribution in [2.24, 2.45) is 0 Å². The molecule has 5 nitrogen and oxygen atoms in total. The molecule has 188 valence electrons. The first kappa shape index (κ1) is 27.4.